The SMILES string of the molecule is COCc1cccc(NC(=O)c2ccc(CN(c3ccccc3Sc3ccccc3)S(C)(=O)=O)cc2)c1. The molecule has 0 saturated heterocycles. The zero-order chi connectivity index (χ0) is 26.3. The molecule has 0 aliphatic heterocycles. The summed E-state index contributed by atoms with van der Waals surface area (Å²) in [6.07, 6.45) is 1.20. The van der Waals surface area contributed by atoms with Crippen molar-refractivity contribution in [2.45, 2.75) is 22.9 Å². The first kappa shape index (κ1) is 26.5. The molecule has 0 radical (unpaired) electrons. The number of nitrogens with one attached hydrogen (secondary N) is 1. The first-order chi connectivity index (χ1) is 17.8. The number of hydrogen-bond acceptors (Lipinski definition) is 5. The molecule has 0 heterocycles. The molecule has 0 bridgehead atoms. The van der Waals surface area contributed by atoms with Crippen LogP contribution >= 0.6 is 11.8 Å². The van der Waals surface area contributed by atoms with Crippen LogP contribution in [0.2, 0.25) is 0 Å². The van der Waals surface area contributed by atoms with Crippen LogP contribution in [0.15, 0.2) is 113 Å². The third-order valence-electron chi connectivity index (χ3n) is 5.54. The molecule has 0 aliphatic rings. The Morgan fingerprint density at radius 1 is 0.865 bits per heavy atom. The molecule has 8 heteroatoms. The number of anilines is 2. The van der Waals surface area contributed by atoms with Crippen molar-refractivity contribution >= 4 is 39.1 Å². The van der Waals surface area contributed by atoms with E-state index in [0.717, 1.165) is 20.9 Å². The Morgan fingerprint density at radius 2 is 1.57 bits per heavy atom. The first-order valence-electron chi connectivity index (χ1n) is 11.6. The quantitative estimate of drug-likeness (QED) is 0.263. The maximum absolute atomic E-state index is 12.8. The number of sulfonamides is 1. The lowest BCUT2D eigenvalue weighted by molar-refractivity contribution is 0.102. The number of nitrogens with zero attached hydrogens (tertiary/aromatic N) is 1. The Morgan fingerprint density at radius 3 is 2.27 bits per heavy atom. The van der Waals surface area contributed by atoms with Crippen LogP contribution < -0.4 is 9.62 Å². The van der Waals surface area contributed by atoms with Gasteiger partial charge in [0, 0.05) is 28.2 Å². The van der Waals surface area contributed by atoms with E-state index in [9.17, 15) is 13.2 Å². The highest BCUT2D eigenvalue weighted by Crippen LogP contribution is 2.36. The van der Waals surface area contributed by atoms with Crippen molar-refractivity contribution in [3.8, 4) is 0 Å². The van der Waals surface area contributed by atoms with Crippen LogP contribution in [0.3, 0.4) is 0 Å². The van der Waals surface area contributed by atoms with Crippen LogP contribution in [0.4, 0.5) is 11.4 Å². The lowest BCUT2D eigenvalue weighted by Crippen LogP contribution is -2.29. The molecular formula is C29H28N2O4S2. The number of carbonyl (C=O) groups is 1. The van der Waals surface area contributed by atoms with Crippen molar-refractivity contribution in [2.24, 2.45) is 0 Å². The summed E-state index contributed by atoms with van der Waals surface area (Å²) in [5.41, 5.74) is 3.49. The van der Waals surface area contributed by atoms with Gasteiger partial charge in [-0.25, -0.2) is 8.42 Å². The van der Waals surface area contributed by atoms with Crippen molar-refractivity contribution in [1.82, 2.24) is 0 Å². The fourth-order valence-electron chi connectivity index (χ4n) is 3.78. The third-order valence-corrected chi connectivity index (χ3v) is 7.74. The molecule has 0 spiro atoms. The highest BCUT2D eigenvalue weighted by molar-refractivity contribution is 7.99. The van der Waals surface area contributed by atoms with Gasteiger partial charge in [0.2, 0.25) is 10.0 Å². The van der Waals surface area contributed by atoms with Crippen molar-refractivity contribution in [3.05, 3.63) is 120 Å². The summed E-state index contributed by atoms with van der Waals surface area (Å²) in [4.78, 5) is 14.6. The molecule has 0 aromatic heterocycles. The molecule has 190 valence electrons. The average Bonchev–Trinajstić information content (AvgIpc) is 2.88. The lowest BCUT2D eigenvalue weighted by atomic mass is 10.1. The number of hydrogen-bond donors (Lipinski definition) is 1. The van der Waals surface area contributed by atoms with Gasteiger partial charge in [-0.15, -0.1) is 0 Å². The van der Waals surface area contributed by atoms with Gasteiger partial charge in [-0.2, -0.15) is 0 Å². The number of rotatable bonds is 10. The predicted octanol–water partition coefficient (Wildman–Crippen LogP) is 6.20. The van der Waals surface area contributed by atoms with Gasteiger partial charge in [-0.1, -0.05) is 66.4 Å². The molecule has 4 aromatic carbocycles. The summed E-state index contributed by atoms with van der Waals surface area (Å²) in [5, 5.41) is 2.89. The molecule has 0 fully saturated rings. The lowest BCUT2D eigenvalue weighted by Gasteiger charge is -2.25. The van der Waals surface area contributed by atoms with E-state index in [0.29, 0.717) is 23.5 Å². The zero-order valence-electron chi connectivity index (χ0n) is 20.6. The molecule has 0 unspecified atom stereocenters. The van der Waals surface area contributed by atoms with Gasteiger partial charge in [-0.05, 0) is 59.7 Å². The summed E-state index contributed by atoms with van der Waals surface area (Å²) in [6.45, 7) is 0.606. The maximum Gasteiger partial charge on any atom is 0.255 e. The Bertz CT molecular complexity index is 1460. The summed E-state index contributed by atoms with van der Waals surface area (Å²) < 4.78 is 32.2. The van der Waals surface area contributed by atoms with Gasteiger partial charge in [0.1, 0.15) is 0 Å². The largest absolute Gasteiger partial charge is 0.380 e. The van der Waals surface area contributed by atoms with Crippen LogP contribution in [-0.2, 0) is 27.9 Å². The summed E-state index contributed by atoms with van der Waals surface area (Å²) in [5.74, 6) is -0.245. The summed E-state index contributed by atoms with van der Waals surface area (Å²) >= 11 is 1.51. The number of carbonyl (C=O) groups excluding carboxylic acids is 1. The first-order valence-corrected chi connectivity index (χ1v) is 14.3. The van der Waals surface area contributed by atoms with Crippen LogP contribution in [-0.4, -0.2) is 27.7 Å². The predicted molar refractivity (Wildman–Crippen MR) is 150 cm³/mol. The van der Waals surface area contributed by atoms with E-state index in [1.54, 1.807) is 31.4 Å². The Kier molecular flexibility index (Phi) is 8.66. The van der Waals surface area contributed by atoms with Crippen LogP contribution in [0.1, 0.15) is 21.5 Å². The van der Waals surface area contributed by atoms with Gasteiger partial charge < -0.3 is 10.1 Å². The minimum atomic E-state index is -3.58. The summed E-state index contributed by atoms with van der Waals surface area (Å²) in [6, 6.07) is 31.7. The van der Waals surface area contributed by atoms with Crippen molar-refractivity contribution in [3.63, 3.8) is 0 Å². The van der Waals surface area contributed by atoms with E-state index >= 15 is 0 Å². The second-order valence-electron chi connectivity index (χ2n) is 8.44. The molecule has 4 rings (SSSR count). The minimum absolute atomic E-state index is 0.145. The van der Waals surface area contributed by atoms with Crippen LogP contribution in [0, 0.1) is 0 Å². The van der Waals surface area contributed by atoms with Gasteiger partial charge in [0.25, 0.3) is 5.91 Å². The highest BCUT2D eigenvalue weighted by atomic mass is 32.2. The van der Waals surface area contributed by atoms with Gasteiger partial charge in [-0.3, -0.25) is 9.10 Å². The van der Waals surface area contributed by atoms with Crippen LogP contribution in [0.5, 0.6) is 0 Å². The van der Waals surface area contributed by atoms with Gasteiger partial charge >= 0.3 is 0 Å². The van der Waals surface area contributed by atoms with Gasteiger partial charge in [0.05, 0.1) is 25.1 Å². The molecule has 0 saturated carbocycles. The number of para-hydroxylation sites is 1. The fraction of sp³-hybridized carbons (Fsp3) is 0.138. The van der Waals surface area contributed by atoms with Crippen LogP contribution in [0.25, 0.3) is 0 Å². The Labute approximate surface area is 222 Å². The number of ether oxygens (including phenoxy) is 1. The molecule has 6 nitrogen and oxygen atoms in total. The normalized spacial score (nSPS) is 11.2. The maximum atomic E-state index is 12.8. The van der Waals surface area contributed by atoms with E-state index in [-0.39, 0.29) is 12.5 Å². The second kappa shape index (κ2) is 12.1. The number of amides is 1. The number of methoxy groups -OCH3 is 1. The molecule has 0 atom stereocenters. The second-order valence-corrected chi connectivity index (χ2v) is 11.5. The third kappa shape index (κ3) is 7.22. The smallest absolute Gasteiger partial charge is 0.255 e. The standard InChI is InChI=1S/C29H28N2O4S2/c1-35-21-23-9-8-10-25(19-23)30-29(32)24-17-15-22(16-18-24)20-31(37(2,33)34)27-13-6-7-14-28(27)36-26-11-4-3-5-12-26/h3-19H,20-21H2,1-2H3,(H,30,32). The highest BCUT2D eigenvalue weighted by Gasteiger charge is 2.21. The Hall–Kier alpha value is -3.59. The molecule has 4 aromatic rings. The van der Waals surface area contributed by atoms with Crippen molar-refractivity contribution in [2.75, 3.05) is 23.0 Å². The van der Waals surface area contributed by atoms with Gasteiger partial charge in [0.15, 0.2) is 0 Å². The van der Waals surface area contributed by atoms with Crippen molar-refractivity contribution < 1.29 is 17.9 Å². The monoisotopic (exact) mass is 532 g/mol. The van der Waals surface area contributed by atoms with Crippen molar-refractivity contribution in [1.29, 1.82) is 0 Å². The molecular weight excluding hydrogens is 504 g/mol. The summed E-state index contributed by atoms with van der Waals surface area (Å²) in [7, 11) is -1.95. The number of benzene rings is 4. The van der Waals surface area contributed by atoms with E-state index in [2.05, 4.69) is 5.32 Å². The van der Waals surface area contributed by atoms with E-state index in [1.165, 1.54) is 22.3 Å². The fourth-order valence-corrected chi connectivity index (χ4v) is 5.72. The topological polar surface area (TPSA) is 75.7 Å². The molecule has 0 aliphatic carbocycles. The average molecular weight is 533 g/mol. The molecule has 37 heavy (non-hydrogen) atoms. The van der Waals surface area contributed by atoms with E-state index < -0.39 is 10.0 Å². The Balaban J connectivity index is 1.52. The molecule has 1 amide bonds. The van der Waals surface area contributed by atoms with E-state index in [1.807, 2.05) is 78.9 Å². The minimum Gasteiger partial charge on any atom is -0.380 e. The van der Waals surface area contributed by atoms with E-state index in [4.69, 9.17) is 4.74 Å². The zero-order valence-corrected chi connectivity index (χ0v) is 22.3. The molecule has 1 N–H and O–H groups in total.